The lowest BCUT2D eigenvalue weighted by molar-refractivity contribution is -0.384. The molecule has 0 amide bonds. The van der Waals surface area contributed by atoms with Crippen LogP contribution in [0.3, 0.4) is 0 Å². The summed E-state index contributed by atoms with van der Waals surface area (Å²) in [7, 11) is 0. The first-order valence-electron chi connectivity index (χ1n) is 9.40. The van der Waals surface area contributed by atoms with Gasteiger partial charge in [-0.05, 0) is 42.3 Å². The zero-order chi connectivity index (χ0) is 21.8. The minimum atomic E-state index is -0.401. The predicted octanol–water partition coefficient (Wildman–Crippen LogP) is 5.95. The van der Waals surface area contributed by atoms with E-state index in [9.17, 15) is 10.1 Å². The van der Waals surface area contributed by atoms with Crippen LogP contribution in [0.4, 0.5) is 11.4 Å². The molecule has 2 heterocycles. The van der Waals surface area contributed by atoms with Gasteiger partial charge in [0.15, 0.2) is 4.80 Å². The lowest BCUT2D eigenvalue weighted by atomic mass is 10.1. The summed E-state index contributed by atoms with van der Waals surface area (Å²) in [4.78, 5) is 20.2. The number of hydrogen-bond donors (Lipinski definition) is 0. The molecular weight excluding hydrogens is 457 g/mol. The highest BCUT2D eigenvalue weighted by Gasteiger charge is 2.11. The molecule has 0 unspecified atom stereocenters. The Kier molecular flexibility index (Phi) is 6.50. The molecular formula is C21H17Cl2N5O2S. The number of rotatable bonds is 7. The van der Waals surface area contributed by atoms with Crippen molar-refractivity contribution in [1.29, 1.82) is 0 Å². The Balaban J connectivity index is 1.70. The molecule has 158 valence electrons. The third-order valence-corrected chi connectivity index (χ3v) is 6.26. The van der Waals surface area contributed by atoms with Crippen molar-refractivity contribution in [2.75, 3.05) is 0 Å². The van der Waals surface area contributed by atoms with Gasteiger partial charge >= 0.3 is 0 Å². The zero-order valence-electron chi connectivity index (χ0n) is 16.2. The fourth-order valence-electron chi connectivity index (χ4n) is 3.11. The number of hydrogen-bond acceptors (Lipinski definition) is 5. The van der Waals surface area contributed by atoms with E-state index in [0.29, 0.717) is 22.3 Å². The number of aryl methyl sites for hydroxylation is 1. The van der Waals surface area contributed by atoms with Crippen LogP contribution in [0.2, 0.25) is 10.0 Å². The van der Waals surface area contributed by atoms with Gasteiger partial charge in [0.2, 0.25) is 0 Å². The van der Waals surface area contributed by atoms with Crippen LogP contribution in [0.15, 0.2) is 71.6 Å². The van der Waals surface area contributed by atoms with Gasteiger partial charge in [-0.25, -0.2) is 9.98 Å². The van der Waals surface area contributed by atoms with E-state index >= 15 is 0 Å². The van der Waals surface area contributed by atoms with Gasteiger partial charge in [-0.15, -0.1) is 11.3 Å². The molecule has 0 aliphatic heterocycles. The van der Waals surface area contributed by atoms with Crippen molar-refractivity contribution in [2.24, 2.45) is 4.99 Å². The Labute approximate surface area is 192 Å². The third-order valence-electron chi connectivity index (χ3n) is 4.66. The minimum absolute atomic E-state index is 0.0614. The summed E-state index contributed by atoms with van der Waals surface area (Å²) in [5, 5.41) is 13.9. The van der Waals surface area contributed by atoms with Crippen LogP contribution >= 0.6 is 34.5 Å². The Bertz CT molecular complexity index is 1260. The van der Waals surface area contributed by atoms with Crippen molar-refractivity contribution < 1.29 is 4.92 Å². The van der Waals surface area contributed by atoms with Crippen LogP contribution in [-0.2, 0) is 13.1 Å². The van der Waals surface area contributed by atoms with Crippen LogP contribution < -0.4 is 4.80 Å². The number of non-ortho nitro benzene ring substituents is 1. The lowest BCUT2D eigenvalue weighted by Gasteiger charge is -2.10. The van der Waals surface area contributed by atoms with Crippen LogP contribution in [0, 0.1) is 10.1 Å². The van der Waals surface area contributed by atoms with E-state index in [4.69, 9.17) is 28.2 Å². The molecule has 0 atom stereocenters. The number of imidazole rings is 1. The van der Waals surface area contributed by atoms with Crippen molar-refractivity contribution >= 4 is 45.9 Å². The van der Waals surface area contributed by atoms with Gasteiger partial charge < -0.3 is 9.13 Å². The smallest absolute Gasteiger partial charge is 0.269 e. The summed E-state index contributed by atoms with van der Waals surface area (Å²) < 4.78 is 4.14. The van der Waals surface area contributed by atoms with Gasteiger partial charge in [-0.2, -0.15) is 0 Å². The number of nitrogens with zero attached hydrogens (tertiary/aromatic N) is 5. The van der Waals surface area contributed by atoms with E-state index in [2.05, 4.69) is 9.55 Å². The molecule has 2 aromatic carbocycles. The molecule has 0 radical (unpaired) electrons. The average molecular weight is 474 g/mol. The summed E-state index contributed by atoms with van der Waals surface area (Å²) >= 11 is 13.7. The highest BCUT2D eigenvalue weighted by Crippen LogP contribution is 2.27. The second kappa shape index (κ2) is 9.47. The normalized spacial score (nSPS) is 11.7. The van der Waals surface area contributed by atoms with Crippen molar-refractivity contribution in [2.45, 2.75) is 19.5 Å². The molecule has 4 aromatic rings. The number of nitro benzene ring substituents is 1. The summed E-state index contributed by atoms with van der Waals surface area (Å²) in [6, 6.07) is 11.8. The maximum Gasteiger partial charge on any atom is 0.269 e. The maximum absolute atomic E-state index is 11.0. The molecule has 0 N–H and O–H groups in total. The molecule has 31 heavy (non-hydrogen) atoms. The van der Waals surface area contributed by atoms with E-state index in [1.807, 2.05) is 22.2 Å². The minimum Gasteiger partial charge on any atom is -0.337 e. The van der Waals surface area contributed by atoms with Crippen LogP contribution in [-0.4, -0.2) is 19.0 Å². The first-order chi connectivity index (χ1) is 15.0. The van der Waals surface area contributed by atoms with Gasteiger partial charge in [0.1, 0.15) is 0 Å². The average Bonchev–Trinajstić information content (AvgIpc) is 3.41. The molecule has 0 saturated carbocycles. The Hall–Kier alpha value is -2.94. The topological polar surface area (TPSA) is 78.2 Å². The summed E-state index contributed by atoms with van der Waals surface area (Å²) in [5.74, 6) is 0. The molecule has 0 aliphatic rings. The molecule has 0 saturated heterocycles. The van der Waals surface area contributed by atoms with Gasteiger partial charge in [0.05, 0.1) is 32.7 Å². The first-order valence-corrected chi connectivity index (χ1v) is 11.0. The Morgan fingerprint density at radius 2 is 1.90 bits per heavy atom. The second-order valence-electron chi connectivity index (χ2n) is 6.72. The van der Waals surface area contributed by atoms with E-state index < -0.39 is 4.92 Å². The van der Waals surface area contributed by atoms with E-state index in [1.54, 1.807) is 36.8 Å². The fourth-order valence-corrected chi connectivity index (χ4v) is 4.36. The van der Waals surface area contributed by atoms with Crippen molar-refractivity contribution in [1.82, 2.24) is 14.1 Å². The van der Waals surface area contributed by atoms with Crippen molar-refractivity contribution in [3.63, 3.8) is 0 Å². The SMILES string of the molecule is O=[N+]([O-])c1ccc(-c2csc(=Nc3ccc(Cl)c(Cl)c3)n2CCCn2ccnc2)cc1. The quantitative estimate of drug-likeness (QED) is 0.245. The number of thiazole rings is 1. The van der Waals surface area contributed by atoms with E-state index in [0.717, 1.165) is 29.0 Å². The number of benzene rings is 2. The third kappa shape index (κ3) is 5.04. The highest BCUT2D eigenvalue weighted by molar-refractivity contribution is 7.07. The standard InChI is InChI=1S/C21H17Cl2N5O2S/c22-18-7-4-16(12-19(18)23)25-21-27(10-1-9-26-11-8-24-14-26)20(13-31-21)15-2-5-17(6-3-15)28(29)30/h2-8,11-14H,1,9-10H2. The van der Waals surface area contributed by atoms with Gasteiger partial charge in [0, 0.05) is 43.0 Å². The summed E-state index contributed by atoms with van der Waals surface area (Å²) in [5.41, 5.74) is 2.60. The van der Waals surface area contributed by atoms with Crippen LogP contribution in [0.25, 0.3) is 11.3 Å². The zero-order valence-corrected chi connectivity index (χ0v) is 18.5. The number of halogens is 2. The number of aromatic nitrogens is 3. The molecule has 10 heteroatoms. The molecule has 4 rings (SSSR count). The van der Waals surface area contributed by atoms with Crippen LogP contribution in [0.1, 0.15) is 6.42 Å². The fraction of sp³-hybridized carbons (Fsp3) is 0.143. The molecule has 0 bridgehead atoms. The molecule has 0 spiro atoms. The molecule has 0 fully saturated rings. The van der Waals surface area contributed by atoms with E-state index in [-0.39, 0.29) is 5.69 Å². The van der Waals surface area contributed by atoms with Gasteiger partial charge in [0.25, 0.3) is 5.69 Å². The van der Waals surface area contributed by atoms with Gasteiger partial charge in [-0.1, -0.05) is 23.2 Å². The molecule has 7 nitrogen and oxygen atoms in total. The lowest BCUT2D eigenvalue weighted by Crippen LogP contribution is -2.17. The monoisotopic (exact) mass is 473 g/mol. The molecule has 0 aliphatic carbocycles. The first kappa shape index (κ1) is 21.3. The summed E-state index contributed by atoms with van der Waals surface area (Å²) in [6.07, 6.45) is 6.33. The number of nitro groups is 1. The highest BCUT2D eigenvalue weighted by atomic mass is 35.5. The van der Waals surface area contributed by atoms with Gasteiger partial charge in [-0.3, -0.25) is 10.1 Å². The van der Waals surface area contributed by atoms with Crippen molar-refractivity contribution in [3.05, 3.63) is 91.5 Å². The molecule has 2 aromatic heterocycles. The Morgan fingerprint density at radius 1 is 1.10 bits per heavy atom. The second-order valence-corrected chi connectivity index (χ2v) is 8.37. The summed E-state index contributed by atoms with van der Waals surface area (Å²) in [6.45, 7) is 1.53. The van der Waals surface area contributed by atoms with Crippen molar-refractivity contribution in [3.8, 4) is 11.3 Å². The Morgan fingerprint density at radius 3 is 2.58 bits per heavy atom. The predicted molar refractivity (Wildman–Crippen MR) is 123 cm³/mol. The maximum atomic E-state index is 11.0. The largest absolute Gasteiger partial charge is 0.337 e. The van der Waals surface area contributed by atoms with E-state index in [1.165, 1.54) is 23.5 Å². The van der Waals surface area contributed by atoms with Crippen LogP contribution in [0.5, 0.6) is 0 Å².